The Balaban J connectivity index is 1.36. The third kappa shape index (κ3) is 4.39. The molecule has 2 fully saturated rings. The Morgan fingerprint density at radius 2 is 2.00 bits per heavy atom. The summed E-state index contributed by atoms with van der Waals surface area (Å²) >= 11 is 0. The first-order valence-corrected chi connectivity index (χ1v) is 11.8. The average Bonchev–Trinajstić information content (AvgIpc) is 3.27. The molecule has 2 aliphatic rings. The fraction of sp³-hybridized carbons (Fsp3) is 0.520. The van der Waals surface area contributed by atoms with Gasteiger partial charge in [0.2, 0.25) is 5.91 Å². The summed E-state index contributed by atoms with van der Waals surface area (Å²) < 4.78 is 1.97. The van der Waals surface area contributed by atoms with Crippen molar-refractivity contribution >= 4 is 11.6 Å². The van der Waals surface area contributed by atoms with E-state index in [9.17, 15) is 4.79 Å². The molecule has 7 heteroatoms. The Labute approximate surface area is 189 Å². The largest absolute Gasteiger partial charge is 0.353 e. The topological polar surface area (TPSA) is 75.4 Å². The minimum atomic E-state index is 0.138. The van der Waals surface area contributed by atoms with Crippen LogP contribution >= 0.6 is 0 Å². The lowest BCUT2D eigenvalue weighted by molar-refractivity contribution is -0.121. The molecule has 3 aromatic rings. The molecule has 0 bridgehead atoms. The summed E-state index contributed by atoms with van der Waals surface area (Å²) in [5.74, 6) is 0.138. The molecule has 168 valence electrons. The standard InChI is InChI=1S/C25H32N6O/c1-16-6-4-7-20(26-16)15-30-13-5-8-23(30)22-14-24-27-17(2)21(18(3)31(24)29-22)11-12-25(32)28-19-9-10-19/h4,6-7,14,19,23H,5,8-13,15H2,1-3H3,(H,28,32)/t23-/m1/s1. The molecular weight excluding hydrogens is 400 g/mol. The maximum Gasteiger partial charge on any atom is 0.220 e. The first-order valence-electron chi connectivity index (χ1n) is 11.8. The zero-order chi connectivity index (χ0) is 22.2. The van der Waals surface area contributed by atoms with E-state index in [0.29, 0.717) is 18.9 Å². The van der Waals surface area contributed by atoms with Crippen LogP contribution in [-0.2, 0) is 17.8 Å². The molecule has 3 aromatic heterocycles. The smallest absolute Gasteiger partial charge is 0.220 e. The van der Waals surface area contributed by atoms with Crippen LogP contribution in [0.3, 0.4) is 0 Å². The molecular formula is C25H32N6O. The van der Waals surface area contributed by atoms with E-state index in [1.807, 2.05) is 24.4 Å². The number of likely N-dealkylation sites (tertiary alicyclic amines) is 1. The summed E-state index contributed by atoms with van der Waals surface area (Å²) in [4.78, 5) is 24.2. The maximum atomic E-state index is 12.2. The van der Waals surface area contributed by atoms with Crippen molar-refractivity contribution < 1.29 is 4.79 Å². The van der Waals surface area contributed by atoms with E-state index in [-0.39, 0.29) is 11.9 Å². The predicted octanol–water partition coefficient (Wildman–Crippen LogP) is 3.60. The van der Waals surface area contributed by atoms with Crippen LogP contribution in [0, 0.1) is 20.8 Å². The fourth-order valence-electron chi connectivity index (χ4n) is 4.88. The van der Waals surface area contributed by atoms with Gasteiger partial charge in [-0.05, 0) is 77.1 Å². The molecule has 1 atom stereocenters. The summed E-state index contributed by atoms with van der Waals surface area (Å²) in [6.45, 7) is 8.07. The Morgan fingerprint density at radius 3 is 2.78 bits per heavy atom. The number of hydrogen-bond donors (Lipinski definition) is 1. The van der Waals surface area contributed by atoms with Gasteiger partial charge >= 0.3 is 0 Å². The molecule has 0 aromatic carbocycles. The molecule has 4 heterocycles. The number of carbonyl (C=O) groups excluding carboxylic acids is 1. The van der Waals surface area contributed by atoms with Crippen LogP contribution in [0.5, 0.6) is 0 Å². The molecule has 1 aliphatic carbocycles. The van der Waals surface area contributed by atoms with Crippen molar-refractivity contribution in [3.63, 3.8) is 0 Å². The Morgan fingerprint density at radius 1 is 1.16 bits per heavy atom. The molecule has 7 nitrogen and oxygen atoms in total. The van der Waals surface area contributed by atoms with Crippen LogP contribution in [-0.4, -0.2) is 43.0 Å². The Bertz CT molecular complexity index is 1150. The molecule has 1 saturated heterocycles. The second kappa shape index (κ2) is 8.62. The maximum absolute atomic E-state index is 12.2. The van der Waals surface area contributed by atoms with Crippen LogP contribution in [0.25, 0.3) is 5.65 Å². The minimum absolute atomic E-state index is 0.138. The number of nitrogens with one attached hydrogen (secondary N) is 1. The summed E-state index contributed by atoms with van der Waals surface area (Å²) in [5, 5.41) is 8.06. The fourth-order valence-corrected chi connectivity index (χ4v) is 4.88. The van der Waals surface area contributed by atoms with E-state index in [0.717, 1.165) is 78.5 Å². The average molecular weight is 433 g/mol. The van der Waals surface area contributed by atoms with Crippen molar-refractivity contribution in [2.75, 3.05) is 6.54 Å². The second-order valence-corrected chi connectivity index (χ2v) is 9.34. The number of rotatable bonds is 7. The number of carbonyl (C=O) groups is 1. The van der Waals surface area contributed by atoms with Crippen molar-refractivity contribution in [1.29, 1.82) is 0 Å². The first-order chi connectivity index (χ1) is 15.5. The van der Waals surface area contributed by atoms with Gasteiger partial charge in [0.05, 0.1) is 17.4 Å². The van der Waals surface area contributed by atoms with Crippen LogP contribution in [0.4, 0.5) is 0 Å². The van der Waals surface area contributed by atoms with E-state index < -0.39 is 0 Å². The molecule has 1 aliphatic heterocycles. The molecule has 0 unspecified atom stereocenters. The van der Waals surface area contributed by atoms with E-state index in [4.69, 9.17) is 10.1 Å². The lowest BCUT2D eigenvalue weighted by Crippen LogP contribution is -2.25. The number of nitrogens with zero attached hydrogens (tertiary/aromatic N) is 5. The van der Waals surface area contributed by atoms with Gasteiger partial charge in [-0.15, -0.1) is 0 Å². The normalized spacial score (nSPS) is 19.0. The van der Waals surface area contributed by atoms with Crippen LogP contribution in [0.2, 0.25) is 0 Å². The number of aryl methyl sites for hydroxylation is 3. The summed E-state index contributed by atoms with van der Waals surface area (Å²) in [5.41, 5.74) is 7.34. The molecule has 1 saturated carbocycles. The van der Waals surface area contributed by atoms with Crippen LogP contribution in [0.15, 0.2) is 24.3 Å². The Kier molecular flexibility index (Phi) is 5.67. The van der Waals surface area contributed by atoms with Gasteiger partial charge in [-0.2, -0.15) is 5.10 Å². The van der Waals surface area contributed by atoms with Gasteiger partial charge in [0.15, 0.2) is 5.65 Å². The van der Waals surface area contributed by atoms with Gasteiger partial charge in [-0.3, -0.25) is 14.7 Å². The summed E-state index contributed by atoms with van der Waals surface area (Å²) in [6, 6.07) is 9.05. The quantitative estimate of drug-likeness (QED) is 0.617. The third-order valence-corrected chi connectivity index (χ3v) is 6.74. The van der Waals surface area contributed by atoms with E-state index in [1.165, 1.54) is 0 Å². The van der Waals surface area contributed by atoms with Gasteiger partial charge in [-0.1, -0.05) is 6.07 Å². The lowest BCUT2D eigenvalue weighted by Gasteiger charge is -2.22. The monoisotopic (exact) mass is 432 g/mol. The number of aromatic nitrogens is 4. The Hall–Kier alpha value is -2.80. The molecule has 32 heavy (non-hydrogen) atoms. The summed E-state index contributed by atoms with van der Waals surface area (Å²) in [7, 11) is 0. The highest BCUT2D eigenvalue weighted by molar-refractivity contribution is 5.76. The van der Waals surface area contributed by atoms with E-state index in [1.54, 1.807) is 0 Å². The second-order valence-electron chi connectivity index (χ2n) is 9.34. The third-order valence-electron chi connectivity index (χ3n) is 6.74. The highest BCUT2D eigenvalue weighted by atomic mass is 16.1. The predicted molar refractivity (Wildman–Crippen MR) is 123 cm³/mol. The van der Waals surface area contributed by atoms with E-state index in [2.05, 4.69) is 40.3 Å². The SMILES string of the molecule is Cc1cccc(CN2CCC[C@@H]2c2cc3nc(C)c(CCC(=O)NC4CC4)c(C)n3n2)n1. The zero-order valence-electron chi connectivity index (χ0n) is 19.3. The number of fused-ring (bicyclic) bond motifs is 1. The highest BCUT2D eigenvalue weighted by Crippen LogP contribution is 2.33. The minimum Gasteiger partial charge on any atom is -0.353 e. The molecule has 0 radical (unpaired) electrons. The van der Waals surface area contributed by atoms with Crippen LogP contribution < -0.4 is 5.32 Å². The van der Waals surface area contributed by atoms with Crippen molar-refractivity contribution in [3.8, 4) is 0 Å². The summed E-state index contributed by atoms with van der Waals surface area (Å²) in [6.07, 6.45) is 5.69. The molecule has 5 rings (SSSR count). The molecule has 0 spiro atoms. The molecule has 1 amide bonds. The lowest BCUT2D eigenvalue weighted by atomic mass is 10.1. The van der Waals surface area contributed by atoms with Gasteiger partial charge in [0, 0.05) is 42.2 Å². The van der Waals surface area contributed by atoms with Crippen LogP contribution in [0.1, 0.15) is 72.2 Å². The van der Waals surface area contributed by atoms with Crippen molar-refractivity contribution in [3.05, 3.63) is 58.3 Å². The van der Waals surface area contributed by atoms with Crippen molar-refractivity contribution in [2.45, 2.75) is 77.9 Å². The zero-order valence-corrected chi connectivity index (χ0v) is 19.3. The van der Waals surface area contributed by atoms with E-state index >= 15 is 0 Å². The van der Waals surface area contributed by atoms with Gasteiger partial charge < -0.3 is 5.32 Å². The number of pyridine rings is 1. The highest BCUT2D eigenvalue weighted by Gasteiger charge is 2.29. The van der Waals surface area contributed by atoms with Crippen molar-refractivity contribution in [2.24, 2.45) is 0 Å². The number of hydrogen-bond acceptors (Lipinski definition) is 5. The van der Waals surface area contributed by atoms with Gasteiger partial charge in [0.25, 0.3) is 0 Å². The molecule has 1 N–H and O–H groups in total. The number of amides is 1. The van der Waals surface area contributed by atoms with Gasteiger partial charge in [-0.25, -0.2) is 9.50 Å². The van der Waals surface area contributed by atoms with Gasteiger partial charge in [0.1, 0.15) is 0 Å². The first kappa shape index (κ1) is 21.1. The van der Waals surface area contributed by atoms with Crippen molar-refractivity contribution in [1.82, 2.24) is 29.8 Å².